The van der Waals surface area contributed by atoms with Gasteiger partial charge in [0.05, 0.1) is 10.7 Å². The molecule has 1 aromatic carbocycles. The number of carbonyl (C=O) groups is 2. The van der Waals surface area contributed by atoms with Crippen molar-refractivity contribution in [2.24, 2.45) is 0 Å². The van der Waals surface area contributed by atoms with E-state index in [9.17, 15) is 14.0 Å². The van der Waals surface area contributed by atoms with Gasteiger partial charge in [0.25, 0.3) is 0 Å². The normalized spacial score (nSPS) is 15.5. The lowest BCUT2D eigenvalue weighted by atomic mass is 10.1. The Bertz CT molecular complexity index is 689. The van der Waals surface area contributed by atoms with Crippen LogP contribution in [0.1, 0.15) is 33.6 Å². The smallest absolute Gasteiger partial charge is 0.407 e. The topological polar surface area (TPSA) is 70.7 Å². The van der Waals surface area contributed by atoms with E-state index in [0.29, 0.717) is 30.4 Å². The molecule has 1 fully saturated rings. The largest absolute Gasteiger partial charge is 0.444 e. The van der Waals surface area contributed by atoms with E-state index in [-0.39, 0.29) is 16.8 Å². The first-order valence-electron chi connectivity index (χ1n) is 8.26. The Labute approximate surface area is 165 Å². The van der Waals surface area contributed by atoms with Gasteiger partial charge in [-0.3, -0.25) is 0 Å². The molecule has 6 nitrogen and oxygen atoms in total. The van der Waals surface area contributed by atoms with Gasteiger partial charge in [-0.15, -0.1) is 0 Å². The van der Waals surface area contributed by atoms with Crippen LogP contribution in [-0.2, 0) is 4.74 Å². The molecule has 0 aliphatic carbocycles. The lowest BCUT2D eigenvalue weighted by Gasteiger charge is -2.32. The lowest BCUT2D eigenvalue weighted by Crippen LogP contribution is -2.48. The van der Waals surface area contributed by atoms with Gasteiger partial charge in [-0.1, -0.05) is 11.6 Å². The van der Waals surface area contributed by atoms with Gasteiger partial charge in [0.1, 0.15) is 5.60 Å². The molecule has 1 aromatic rings. The molecular formula is C17H22BrClFN3O3. The molecule has 0 bridgehead atoms. The van der Waals surface area contributed by atoms with Gasteiger partial charge < -0.3 is 20.3 Å². The molecule has 1 heterocycles. The molecule has 3 amide bonds. The summed E-state index contributed by atoms with van der Waals surface area (Å²) in [4.78, 5) is 25.7. The van der Waals surface area contributed by atoms with Crippen molar-refractivity contribution in [3.63, 3.8) is 0 Å². The molecule has 0 radical (unpaired) electrons. The van der Waals surface area contributed by atoms with Crippen molar-refractivity contribution in [1.29, 1.82) is 0 Å². The zero-order chi connectivity index (χ0) is 19.5. The third-order valence-electron chi connectivity index (χ3n) is 3.78. The SMILES string of the molecule is CC(C)(C)OC(=O)NC1CCN(C(=O)Nc2ccc(Br)c(Cl)c2F)CC1. The number of carbonyl (C=O) groups excluding carboxylic acids is 2. The van der Waals surface area contributed by atoms with E-state index in [1.54, 1.807) is 31.7 Å². The summed E-state index contributed by atoms with van der Waals surface area (Å²) >= 11 is 8.95. The molecule has 1 saturated heterocycles. The van der Waals surface area contributed by atoms with E-state index in [4.69, 9.17) is 16.3 Å². The van der Waals surface area contributed by atoms with E-state index in [1.165, 1.54) is 6.07 Å². The van der Waals surface area contributed by atoms with Crippen LogP contribution < -0.4 is 10.6 Å². The molecule has 1 aliphatic heterocycles. The molecule has 26 heavy (non-hydrogen) atoms. The number of likely N-dealkylation sites (tertiary alicyclic amines) is 1. The Hall–Kier alpha value is -1.54. The molecule has 144 valence electrons. The number of ether oxygens (including phenoxy) is 1. The van der Waals surface area contributed by atoms with Crippen molar-refractivity contribution in [2.45, 2.75) is 45.3 Å². The first-order valence-corrected chi connectivity index (χ1v) is 9.43. The molecule has 9 heteroatoms. The van der Waals surface area contributed by atoms with E-state index in [1.807, 2.05) is 0 Å². The van der Waals surface area contributed by atoms with Crippen LogP contribution in [-0.4, -0.2) is 41.8 Å². The second-order valence-electron chi connectivity index (χ2n) is 7.06. The second-order valence-corrected chi connectivity index (χ2v) is 8.29. The van der Waals surface area contributed by atoms with Gasteiger partial charge in [-0.25, -0.2) is 14.0 Å². The van der Waals surface area contributed by atoms with Crippen LogP contribution in [0.3, 0.4) is 0 Å². The van der Waals surface area contributed by atoms with Gasteiger partial charge in [0, 0.05) is 23.6 Å². The predicted molar refractivity (Wildman–Crippen MR) is 102 cm³/mol. The summed E-state index contributed by atoms with van der Waals surface area (Å²) in [5.74, 6) is -0.684. The van der Waals surface area contributed by atoms with Crippen molar-refractivity contribution >= 4 is 45.3 Å². The average molecular weight is 451 g/mol. The summed E-state index contributed by atoms with van der Waals surface area (Å²) < 4.78 is 19.7. The van der Waals surface area contributed by atoms with E-state index < -0.39 is 23.5 Å². The summed E-state index contributed by atoms with van der Waals surface area (Å²) in [5, 5.41) is 5.25. The minimum absolute atomic E-state index is 0.0252. The molecule has 2 rings (SSSR count). The van der Waals surface area contributed by atoms with E-state index in [0.717, 1.165) is 0 Å². The van der Waals surface area contributed by atoms with Crippen LogP contribution >= 0.6 is 27.5 Å². The molecule has 0 unspecified atom stereocenters. The highest BCUT2D eigenvalue weighted by Crippen LogP contribution is 2.30. The quantitative estimate of drug-likeness (QED) is 0.638. The van der Waals surface area contributed by atoms with Gasteiger partial charge in [0.15, 0.2) is 5.82 Å². The van der Waals surface area contributed by atoms with Gasteiger partial charge in [0.2, 0.25) is 0 Å². The third-order valence-corrected chi connectivity index (χ3v) is 5.04. The fraction of sp³-hybridized carbons (Fsp3) is 0.529. The minimum atomic E-state index is -0.684. The predicted octanol–water partition coefficient (Wildman–Crippen LogP) is 4.76. The molecule has 0 aromatic heterocycles. The number of hydrogen-bond donors (Lipinski definition) is 2. The number of benzene rings is 1. The first kappa shape index (κ1) is 20.8. The summed E-state index contributed by atoms with van der Waals surface area (Å²) in [6.45, 7) is 6.28. The highest BCUT2D eigenvalue weighted by atomic mass is 79.9. The number of nitrogens with one attached hydrogen (secondary N) is 2. The molecule has 2 N–H and O–H groups in total. The summed E-state index contributed by atoms with van der Waals surface area (Å²) in [7, 11) is 0. The van der Waals surface area contributed by atoms with E-state index >= 15 is 0 Å². The van der Waals surface area contributed by atoms with Gasteiger partial charge in [-0.05, 0) is 61.7 Å². The fourth-order valence-corrected chi connectivity index (χ4v) is 2.99. The standard InChI is InChI=1S/C17H22BrClFN3O3/c1-17(2,3)26-16(25)21-10-6-8-23(9-7-10)15(24)22-12-5-4-11(18)13(19)14(12)20/h4-5,10H,6-9H2,1-3H3,(H,21,25)(H,22,24). The Morgan fingerprint density at radius 2 is 1.92 bits per heavy atom. The zero-order valence-corrected chi connectivity index (χ0v) is 17.2. The Kier molecular flexibility index (Phi) is 6.74. The van der Waals surface area contributed by atoms with Gasteiger partial charge in [-0.2, -0.15) is 0 Å². The maximum absolute atomic E-state index is 14.1. The molecule has 1 aliphatic rings. The zero-order valence-electron chi connectivity index (χ0n) is 14.9. The second kappa shape index (κ2) is 8.43. The summed E-state index contributed by atoms with van der Waals surface area (Å²) in [5.41, 5.74) is -0.530. The highest BCUT2D eigenvalue weighted by Gasteiger charge is 2.26. The summed E-state index contributed by atoms with van der Waals surface area (Å²) in [6, 6.07) is 2.55. The van der Waals surface area contributed by atoms with Crippen LogP contribution in [0.4, 0.5) is 19.7 Å². The van der Waals surface area contributed by atoms with E-state index in [2.05, 4.69) is 26.6 Å². The maximum atomic E-state index is 14.1. The van der Waals surface area contributed by atoms with Crippen molar-refractivity contribution in [3.05, 3.63) is 27.4 Å². The number of urea groups is 1. The Morgan fingerprint density at radius 1 is 1.31 bits per heavy atom. The minimum Gasteiger partial charge on any atom is -0.444 e. The first-order chi connectivity index (χ1) is 12.1. The van der Waals surface area contributed by atoms with Crippen LogP contribution in [0.15, 0.2) is 16.6 Å². The number of rotatable bonds is 2. The average Bonchev–Trinajstić information content (AvgIpc) is 2.54. The van der Waals surface area contributed by atoms with Gasteiger partial charge >= 0.3 is 12.1 Å². The Morgan fingerprint density at radius 3 is 2.50 bits per heavy atom. The van der Waals surface area contributed by atoms with Crippen molar-refractivity contribution in [1.82, 2.24) is 10.2 Å². The van der Waals surface area contributed by atoms with Crippen molar-refractivity contribution < 1.29 is 18.7 Å². The van der Waals surface area contributed by atoms with Crippen molar-refractivity contribution in [2.75, 3.05) is 18.4 Å². The van der Waals surface area contributed by atoms with Crippen LogP contribution in [0.5, 0.6) is 0 Å². The van der Waals surface area contributed by atoms with Crippen LogP contribution in [0.2, 0.25) is 5.02 Å². The number of alkyl carbamates (subject to hydrolysis) is 1. The highest BCUT2D eigenvalue weighted by molar-refractivity contribution is 9.10. The molecule has 0 atom stereocenters. The number of hydrogen-bond acceptors (Lipinski definition) is 3. The van der Waals surface area contributed by atoms with Crippen molar-refractivity contribution in [3.8, 4) is 0 Å². The summed E-state index contributed by atoms with van der Waals surface area (Å²) in [6.07, 6.45) is 0.721. The fourth-order valence-electron chi connectivity index (χ4n) is 2.52. The lowest BCUT2D eigenvalue weighted by molar-refractivity contribution is 0.0486. The molecule has 0 spiro atoms. The number of amides is 3. The maximum Gasteiger partial charge on any atom is 0.407 e. The monoisotopic (exact) mass is 449 g/mol. The third kappa shape index (κ3) is 5.74. The van der Waals surface area contributed by atoms with Crippen LogP contribution in [0.25, 0.3) is 0 Å². The number of nitrogens with zero attached hydrogens (tertiary/aromatic N) is 1. The number of piperidine rings is 1. The molecular weight excluding hydrogens is 429 g/mol. The Balaban J connectivity index is 1.85. The number of anilines is 1. The molecule has 0 saturated carbocycles. The van der Waals surface area contributed by atoms with Crippen LogP contribution in [0, 0.1) is 5.82 Å². The number of halogens is 3.